The van der Waals surface area contributed by atoms with E-state index in [1.807, 2.05) is 12.1 Å². The van der Waals surface area contributed by atoms with Gasteiger partial charge in [-0.1, -0.05) is 129 Å². The standard InChI is InChI=1S/C16H18.C12H10/c1-2-3-9-14-12-7-8-13-16(14)15-10-5-4-6-11-15;1-3-7-11(8-4-1)12-9-5-2-6-10-12/h4-8,10-13H,2-3,9H2,1H3;1-10H. The zero-order valence-corrected chi connectivity index (χ0v) is 16.6. The molecule has 0 N–H and O–H groups in total. The second-order valence-corrected chi connectivity index (χ2v) is 6.86. The van der Waals surface area contributed by atoms with Gasteiger partial charge < -0.3 is 0 Å². The van der Waals surface area contributed by atoms with Gasteiger partial charge in [0.1, 0.15) is 0 Å². The molecule has 0 aliphatic heterocycles. The van der Waals surface area contributed by atoms with E-state index in [4.69, 9.17) is 0 Å². The van der Waals surface area contributed by atoms with Crippen LogP contribution in [0.5, 0.6) is 0 Å². The van der Waals surface area contributed by atoms with Crippen LogP contribution in [0.15, 0.2) is 115 Å². The lowest BCUT2D eigenvalue weighted by Gasteiger charge is -2.08. The summed E-state index contributed by atoms with van der Waals surface area (Å²) in [6, 6.07) is 40.2. The van der Waals surface area contributed by atoms with Crippen molar-refractivity contribution in [2.45, 2.75) is 26.2 Å². The number of rotatable bonds is 5. The largest absolute Gasteiger partial charge is 0.0654 e. The van der Waals surface area contributed by atoms with Crippen LogP contribution in [-0.4, -0.2) is 0 Å². The minimum absolute atomic E-state index is 1.18. The SMILES string of the molecule is CCCCc1ccccc1-c1ccccc1.c1ccc(-c2ccccc2)cc1. The number of aryl methyl sites for hydroxylation is 1. The molecule has 0 saturated heterocycles. The van der Waals surface area contributed by atoms with E-state index in [9.17, 15) is 0 Å². The molecular weight excluding hydrogens is 336 g/mol. The van der Waals surface area contributed by atoms with Gasteiger partial charge in [0.25, 0.3) is 0 Å². The van der Waals surface area contributed by atoms with Crippen molar-refractivity contribution < 1.29 is 0 Å². The van der Waals surface area contributed by atoms with Crippen LogP contribution >= 0.6 is 0 Å². The summed E-state index contributed by atoms with van der Waals surface area (Å²) in [5.41, 5.74) is 6.73. The zero-order chi connectivity index (χ0) is 19.4. The molecule has 140 valence electrons. The van der Waals surface area contributed by atoms with Crippen LogP contribution in [-0.2, 0) is 6.42 Å². The molecule has 4 aromatic rings. The quantitative estimate of drug-likeness (QED) is 0.336. The van der Waals surface area contributed by atoms with E-state index in [1.54, 1.807) is 0 Å². The van der Waals surface area contributed by atoms with Crippen LogP contribution in [0.2, 0.25) is 0 Å². The smallest absolute Gasteiger partial charge is 0.0152 e. The van der Waals surface area contributed by atoms with E-state index in [0.29, 0.717) is 0 Å². The minimum Gasteiger partial charge on any atom is -0.0654 e. The maximum Gasteiger partial charge on any atom is -0.0152 e. The topological polar surface area (TPSA) is 0 Å². The van der Waals surface area contributed by atoms with Crippen molar-refractivity contribution in [3.63, 3.8) is 0 Å². The fraction of sp³-hybridized carbons (Fsp3) is 0.143. The Morgan fingerprint density at radius 2 is 0.893 bits per heavy atom. The zero-order valence-electron chi connectivity index (χ0n) is 16.6. The van der Waals surface area contributed by atoms with Crippen LogP contribution in [0.25, 0.3) is 22.3 Å². The second-order valence-electron chi connectivity index (χ2n) is 6.86. The number of hydrogen-bond acceptors (Lipinski definition) is 0. The van der Waals surface area contributed by atoms with Crippen LogP contribution in [0.3, 0.4) is 0 Å². The molecule has 0 amide bonds. The van der Waals surface area contributed by atoms with E-state index in [-0.39, 0.29) is 0 Å². The number of hydrogen-bond donors (Lipinski definition) is 0. The van der Waals surface area contributed by atoms with Gasteiger partial charge in [0.05, 0.1) is 0 Å². The Hall–Kier alpha value is -3.12. The Morgan fingerprint density at radius 1 is 0.464 bits per heavy atom. The fourth-order valence-electron chi connectivity index (χ4n) is 3.27. The van der Waals surface area contributed by atoms with Gasteiger partial charge in [-0.25, -0.2) is 0 Å². The molecule has 0 bridgehead atoms. The third kappa shape index (κ3) is 5.69. The molecule has 0 aliphatic rings. The first-order valence-electron chi connectivity index (χ1n) is 10.1. The lowest BCUT2D eigenvalue weighted by Crippen LogP contribution is -1.89. The molecule has 4 rings (SSSR count). The normalized spacial score (nSPS) is 10.0. The lowest BCUT2D eigenvalue weighted by atomic mass is 9.96. The number of benzene rings is 4. The summed E-state index contributed by atoms with van der Waals surface area (Å²) in [6.07, 6.45) is 3.70. The van der Waals surface area contributed by atoms with Gasteiger partial charge in [-0.2, -0.15) is 0 Å². The van der Waals surface area contributed by atoms with Crippen LogP contribution in [0, 0.1) is 0 Å². The van der Waals surface area contributed by atoms with Crippen molar-refractivity contribution in [2.75, 3.05) is 0 Å². The summed E-state index contributed by atoms with van der Waals surface area (Å²) in [6.45, 7) is 2.24. The summed E-state index contributed by atoms with van der Waals surface area (Å²) in [5.74, 6) is 0. The summed E-state index contributed by atoms with van der Waals surface area (Å²) in [5, 5.41) is 0. The maximum absolute atomic E-state index is 2.25. The van der Waals surface area contributed by atoms with E-state index in [0.717, 1.165) is 0 Å². The minimum atomic E-state index is 1.18. The molecule has 4 aromatic carbocycles. The first-order valence-corrected chi connectivity index (χ1v) is 10.1. The van der Waals surface area contributed by atoms with Crippen molar-refractivity contribution in [1.82, 2.24) is 0 Å². The molecule has 0 atom stereocenters. The molecule has 0 aromatic heterocycles. The highest BCUT2D eigenvalue weighted by molar-refractivity contribution is 5.67. The van der Waals surface area contributed by atoms with Gasteiger partial charge in [0, 0.05) is 0 Å². The molecule has 0 nitrogen and oxygen atoms in total. The molecule has 0 saturated carbocycles. The van der Waals surface area contributed by atoms with Gasteiger partial charge >= 0.3 is 0 Å². The fourth-order valence-corrected chi connectivity index (χ4v) is 3.27. The Balaban J connectivity index is 0.000000167. The summed E-state index contributed by atoms with van der Waals surface area (Å²) in [4.78, 5) is 0. The van der Waals surface area contributed by atoms with Crippen molar-refractivity contribution in [3.8, 4) is 22.3 Å². The lowest BCUT2D eigenvalue weighted by molar-refractivity contribution is 0.796. The Bertz CT molecular complexity index is 888. The first kappa shape index (κ1) is 19.6. The summed E-state index contributed by atoms with van der Waals surface area (Å²) in [7, 11) is 0. The van der Waals surface area contributed by atoms with E-state index in [1.165, 1.54) is 47.1 Å². The Labute approximate surface area is 169 Å². The molecule has 0 heterocycles. The molecule has 0 heteroatoms. The molecule has 0 fully saturated rings. The van der Waals surface area contributed by atoms with Crippen LogP contribution in [0.4, 0.5) is 0 Å². The van der Waals surface area contributed by atoms with Gasteiger partial charge in [-0.3, -0.25) is 0 Å². The highest BCUT2D eigenvalue weighted by Crippen LogP contribution is 2.24. The third-order valence-corrected chi connectivity index (χ3v) is 4.78. The van der Waals surface area contributed by atoms with Crippen LogP contribution in [0.1, 0.15) is 25.3 Å². The molecule has 0 unspecified atom stereocenters. The van der Waals surface area contributed by atoms with Crippen molar-refractivity contribution >= 4 is 0 Å². The average Bonchev–Trinajstić information content (AvgIpc) is 2.80. The average molecular weight is 365 g/mol. The first-order chi connectivity index (χ1) is 13.9. The Kier molecular flexibility index (Phi) is 7.64. The van der Waals surface area contributed by atoms with Crippen molar-refractivity contribution in [1.29, 1.82) is 0 Å². The maximum atomic E-state index is 2.25. The van der Waals surface area contributed by atoms with Crippen LogP contribution < -0.4 is 0 Å². The monoisotopic (exact) mass is 364 g/mol. The summed E-state index contributed by atoms with van der Waals surface area (Å²) < 4.78 is 0. The number of unbranched alkanes of at least 4 members (excludes halogenated alkanes) is 1. The Morgan fingerprint density at radius 3 is 1.39 bits per heavy atom. The molecule has 28 heavy (non-hydrogen) atoms. The highest BCUT2D eigenvalue weighted by Gasteiger charge is 2.02. The van der Waals surface area contributed by atoms with Gasteiger partial charge in [0.15, 0.2) is 0 Å². The van der Waals surface area contributed by atoms with E-state index >= 15 is 0 Å². The molecule has 0 radical (unpaired) electrons. The molecule has 0 spiro atoms. The second kappa shape index (κ2) is 10.9. The molecular formula is C28H28. The van der Waals surface area contributed by atoms with Gasteiger partial charge in [-0.15, -0.1) is 0 Å². The summed E-state index contributed by atoms with van der Waals surface area (Å²) >= 11 is 0. The molecule has 0 aliphatic carbocycles. The van der Waals surface area contributed by atoms with Gasteiger partial charge in [-0.05, 0) is 40.7 Å². The van der Waals surface area contributed by atoms with Crippen molar-refractivity contribution in [3.05, 3.63) is 121 Å². The van der Waals surface area contributed by atoms with E-state index < -0.39 is 0 Å². The van der Waals surface area contributed by atoms with Gasteiger partial charge in [0.2, 0.25) is 0 Å². The third-order valence-electron chi connectivity index (χ3n) is 4.78. The van der Waals surface area contributed by atoms with Crippen molar-refractivity contribution in [2.24, 2.45) is 0 Å². The predicted octanol–water partition coefficient (Wildman–Crippen LogP) is 8.05. The highest BCUT2D eigenvalue weighted by atomic mass is 14.1. The van der Waals surface area contributed by atoms with E-state index in [2.05, 4.69) is 110 Å². The predicted molar refractivity (Wildman–Crippen MR) is 122 cm³/mol.